The second kappa shape index (κ2) is 8.03. The van der Waals surface area contributed by atoms with Crippen molar-refractivity contribution in [3.05, 3.63) is 29.8 Å². The van der Waals surface area contributed by atoms with Crippen LogP contribution in [0.25, 0.3) is 0 Å². The lowest BCUT2D eigenvalue weighted by Gasteiger charge is -2.29. The van der Waals surface area contributed by atoms with Crippen LogP contribution in [0, 0.1) is 0 Å². The molecule has 21 heavy (non-hydrogen) atoms. The van der Waals surface area contributed by atoms with Crippen molar-refractivity contribution in [2.45, 2.75) is 32.7 Å². The highest BCUT2D eigenvalue weighted by Gasteiger charge is 2.11. The Bertz CT molecular complexity index is 438. The number of nitrogens with one attached hydrogen (secondary N) is 1. The van der Waals surface area contributed by atoms with Crippen LogP contribution < -0.4 is 10.2 Å². The summed E-state index contributed by atoms with van der Waals surface area (Å²) in [6, 6.07) is 8.78. The minimum atomic E-state index is 0.0879. The first-order valence-electron chi connectivity index (χ1n) is 7.98. The molecule has 1 N–H and O–H groups in total. The lowest BCUT2D eigenvalue weighted by Crippen LogP contribution is -2.34. The average molecular weight is 289 g/mol. The van der Waals surface area contributed by atoms with Crippen LogP contribution in [0.5, 0.6) is 0 Å². The van der Waals surface area contributed by atoms with Crippen LogP contribution in [0.2, 0.25) is 0 Å². The molecule has 1 fully saturated rings. The van der Waals surface area contributed by atoms with Crippen LogP contribution >= 0.6 is 0 Å². The molecule has 4 heteroatoms. The molecule has 1 heterocycles. The van der Waals surface area contributed by atoms with Crippen molar-refractivity contribution >= 4 is 11.6 Å². The molecule has 1 aromatic carbocycles. The number of amides is 1. The first kappa shape index (κ1) is 15.8. The first-order valence-corrected chi connectivity index (χ1v) is 7.98. The predicted octanol–water partition coefficient (Wildman–Crippen LogP) is 2.24. The molecule has 0 aliphatic carbocycles. The van der Waals surface area contributed by atoms with Gasteiger partial charge in [-0.25, -0.2) is 0 Å². The van der Waals surface area contributed by atoms with E-state index in [4.69, 9.17) is 0 Å². The van der Waals surface area contributed by atoms with E-state index in [1.165, 1.54) is 43.6 Å². The van der Waals surface area contributed by atoms with Crippen molar-refractivity contribution in [1.82, 2.24) is 10.2 Å². The van der Waals surface area contributed by atoms with Gasteiger partial charge in [0.05, 0.1) is 6.54 Å². The van der Waals surface area contributed by atoms with Crippen LogP contribution in [-0.4, -0.2) is 44.0 Å². The molecule has 1 saturated heterocycles. The highest BCUT2D eigenvalue weighted by molar-refractivity contribution is 5.77. The maximum absolute atomic E-state index is 11.5. The van der Waals surface area contributed by atoms with Crippen LogP contribution in [0.15, 0.2) is 24.3 Å². The maximum Gasteiger partial charge on any atom is 0.234 e. The average Bonchev–Trinajstić information content (AvgIpc) is 2.49. The van der Waals surface area contributed by atoms with E-state index in [1.54, 1.807) is 0 Å². The normalized spacial score (nSPS) is 15.3. The van der Waals surface area contributed by atoms with Crippen molar-refractivity contribution in [3.8, 4) is 0 Å². The molecule has 116 valence electrons. The van der Waals surface area contributed by atoms with E-state index < -0.39 is 0 Å². The maximum atomic E-state index is 11.5. The standard InChI is InChI=1S/C17H27N3O/c1-3-18-17(21)14-19(2)13-15-7-9-16(10-8-15)20-11-5-4-6-12-20/h7-10H,3-6,11-14H2,1-2H3,(H,18,21). The number of hydrogen-bond acceptors (Lipinski definition) is 3. The zero-order valence-electron chi connectivity index (χ0n) is 13.3. The Morgan fingerprint density at radius 1 is 1.19 bits per heavy atom. The summed E-state index contributed by atoms with van der Waals surface area (Å²) in [6.45, 7) is 6.24. The number of likely N-dealkylation sites (N-methyl/N-ethyl adjacent to an activating group) is 2. The number of benzene rings is 1. The van der Waals surface area contributed by atoms with Gasteiger partial charge in [-0.3, -0.25) is 9.69 Å². The van der Waals surface area contributed by atoms with Crippen molar-refractivity contribution in [2.75, 3.05) is 38.1 Å². The van der Waals surface area contributed by atoms with E-state index in [2.05, 4.69) is 34.5 Å². The summed E-state index contributed by atoms with van der Waals surface area (Å²) in [4.78, 5) is 16.1. The van der Waals surface area contributed by atoms with Crippen molar-refractivity contribution in [2.24, 2.45) is 0 Å². The molecule has 0 bridgehead atoms. The molecular formula is C17H27N3O. The zero-order valence-corrected chi connectivity index (χ0v) is 13.3. The summed E-state index contributed by atoms with van der Waals surface area (Å²) in [6.07, 6.45) is 3.97. The first-order chi connectivity index (χ1) is 10.2. The third-order valence-electron chi connectivity index (χ3n) is 3.90. The SMILES string of the molecule is CCNC(=O)CN(C)Cc1ccc(N2CCCCC2)cc1. The Morgan fingerprint density at radius 2 is 1.86 bits per heavy atom. The van der Waals surface area contributed by atoms with Crippen molar-refractivity contribution in [1.29, 1.82) is 0 Å². The second-order valence-electron chi connectivity index (χ2n) is 5.84. The predicted molar refractivity (Wildman–Crippen MR) is 87.5 cm³/mol. The topological polar surface area (TPSA) is 35.6 Å². The van der Waals surface area contributed by atoms with E-state index in [-0.39, 0.29) is 5.91 Å². The van der Waals surface area contributed by atoms with Gasteiger partial charge >= 0.3 is 0 Å². The monoisotopic (exact) mass is 289 g/mol. The summed E-state index contributed by atoms with van der Waals surface area (Å²) in [5.74, 6) is 0.0879. The lowest BCUT2D eigenvalue weighted by molar-refractivity contribution is -0.121. The molecule has 2 rings (SSSR count). The number of nitrogens with zero attached hydrogens (tertiary/aromatic N) is 2. The molecular weight excluding hydrogens is 262 g/mol. The molecule has 1 aliphatic rings. The number of rotatable bonds is 6. The fraction of sp³-hybridized carbons (Fsp3) is 0.588. The third kappa shape index (κ3) is 5.05. The highest BCUT2D eigenvalue weighted by atomic mass is 16.1. The number of piperidine rings is 1. The zero-order chi connectivity index (χ0) is 15.1. The van der Waals surface area contributed by atoms with Gasteiger partial charge in [0.2, 0.25) is 5.91 Å². The third-order valence-corrected chi connectivity index (χ3v) is 3.90. The van der Waals surface area contributed by atoms with E-state index in [9.17, 15) is 4.79 Å². The number of carbonyl (C=O) groups is 1. The quantitative estimate of drug-likeness (QED) is 0.872. The largest absolute Gasteiger partial charge is 0.372 e. The lowest BCUT2D eigenvalue weighted by atomic mass is 10.1. The smallest absolute Gasteiger partial charge is 0.234 e. The molecule has 0 aromatic heterocycles. The summed E-state index contributed by atoms with van der Waals surface area (Å²) in [5, 5.41) is 2.83. The molecule has 0 atom stereocenters. The molecule has 1 amide bonds. The Morgan fingerprint density at radius 3 is 2.48 bits per heavy atom. The number of anilines is 1. The van der Waals surface area contributed by atoms with Gasteiger partial charge in [0.15, 0.2) is 0 Å². The summed E-state index contributed by atoms with van der Waals surface area (Å²) in [5.41, 5.74) is 2.58. The number of carbonyl (C=O) groups excluding carboxylic acids is 1. The van der Waals surface area contributed by atoms with E-state index in [0.29, 0.717) is 13.1 Å². The minimum absolute atomic E-state index is 0.0879. The van der Waals surface area contributed by atoms with Crippen LogP contribution in [-0.2, 0) is 11.3 Å². The van der Waals surface area contributed by atoms with Gasteiger partial charge in [-0.15, -0.1) is 0 Å². The molecule has 0 spiro atoms. The minimum Gasteiger partial charge on any atom is -0.372 e. The fourth-order valence-electron chi connectivity index (χ4n) is 2.83. The molecule has 1 aliphatic heterocycles. The van der Waals surface area contributed by atoms with E-state index in [1.807, 2.05) is 18.9 Å². The van der Waals surface area contributed by atoms with Gasteiger partial charge in [-0.1, -0.05) is 12.1 Å². The fourth-order valence-corrected chi connectivity index (χ4v) is 2.83. The summed E-state index contributed by atoms with van der Waals surface area (Å²) >= 11 is 0. The van der Waals surface area contributed by atoms with Gasteiger partial charge in [0.1, 0.15) is 0 Å². The van der Waals surface area contributed by atoms with Gasteiger partial charge < -0.3 is 10.2 Å². The van der Waals surface area contributed by atoms with Gasteiger partial charge in [0, 0.05) is 31.9 Å². The second-order valence-corrected chi connectivity index (χ2v) is 5.84. The van der Waals surface area contributed by atoms with Gasteiger partial charge in [0.25, 0.3) is 0 Å². The summed E-state index contributed by atoms with van der Waals surface area (Å²) < 4.78 is 0. The molecule has 0 radical (unpaired) electrons. The van der Waals surface area contributed by atoms with Crippen LogP contribution in [0.4, 0.5) is 5.69 Å². The van der Waals surface area contributed by atoms with E-state index in [0.717, 1.165) is 6.54 Å². The molecule has 0 saturated carbocycles. The Kier molecular flexibility index (Phi) is 6.05. The van der Waals surface area contributed by atoms with Crippen molar-refractivity contribution in [3.63, 3.8) is 0 Å². The summed E-state index contributed by atoms with van der Waals surface area (Å²) in [7, 11) is 1.98. The van der Waals surface area contributed by atoms with Gasteiger partial charge in [-0.2, -0.15) is 0 Å². The van der Waals surface area contributed by atoms with Crippen molar-refractivity contribution < 1.29 is 4.79 Å². The molecule has 0 unspecified atom stereocenters. The van der Waals surface area contributed by atoms with Crippen LogP contribution in [0.3, 0.4) is 0 Å². The van der Waals surface area contributed by atoms with Crippen LogP contribution in [0.1, 0.15) is 31.7 Å². The molecule has 4 nitrogen and oxygen atoms in total. The number of hydrogen-bond donors (Lipinski definition) is 1. The molecule has 1 aromatic rings. The highest BCUT2D eigenvalue weighted by Crippen LogP contribution is 2.20. The Balaban J connectivity index is 1.85. The van der Waals surface area contributed by atoms with E-state index >= 15 is 0 Å². The Labute approximate surface area is 128 Å². The Hall–Kier alpha value is -1.55. The van der Waals surface area contributed by atoms with Gasteiger partial charge in [-0.05, 0) is 50.9 Å².